The van der Waals surface area contributed by atoms with Crippen LogP contribution < -0.4 is 16.4 Å². The molecule has 0 radical (unpaired) electrons. The maximum atomic E-state index is 12.2. The molecule has 0 aliphatic carbocycles. The van der Waals surface area contributed by atoms with E-state index in [2.05, 4.69) is 27.3 Å². The molecule has 134 valence electrons. The number of rotatable bonds is 3. The van der Waals surface area contributed by atoms with Crippen molar-refractivity contribution in [2.24, 2.45) is 17.8 Å². The normalized spacial score (nSPS) is 26.6. The number of hydrogen-bond acceptors (Lipinski definition) is 5. The smallest absolute Gasteiger partial charge is 0.254 e. The van der Waals surface area contributed by atoms with E-state index in [0.717, 1.165) is 17.6 Å². The van der Waals surface area contributed by atoms with Crippen molar-refractivity contribution in [3.05, 3.63) is 35.7 Å². The molecule has 0 spiro atoms. The standard InChI is InChI=1S/C17H24N6O2/c1-10-6-19-17(24)15(10)16(12-7-20-23(3)8-12)22-11(2)21-14-4-5-25-9-13(14)18/h7-8,13-14H,1,4-6,9,18H2,2-3H3,(H,19,24)(H,21,22)/b16-15+/t13-,14+/m0/s1. The molecular formula is C17H24N6O2. The van der Waals surface area contributed by atoms with Gasteiger partial charge in [-0.3, -0.25) is 9.48 Å². The molecule has 0 unspecified atom stereocenters. The van der Waals surface area contributed by atoms with E-state index in [9.17, 15) is 4.79 Å². The molecule has 25 heavy (non-hydrogen) atoms. The quantitative estimate of drug-likeness (QED) is 0.405. The number of amides is 1. The molecule has 0 aromatic carbocycles. The van der Waals surface area contributed by atoms with Crippen molar-refractivity contribution in [2.45, 2.75) is 25.4 Å². The van der Waals surface area contributed by atoms with Gasteiger partial charge in [-0.25, -0.2) is 4.99 Å². The number of nitrogens with two attached hydrogens (primary N) is 1. The molecular weight excluding hydrogens is 320 g/mol. The summed E-state index contributed by atoms with van der Waals surface area (Å²) in [6, 6.07) is 0.0105. The van der Waals surface area contributed by atoms with Gasteiger partial charge in [-0.1, -0.05) is 6.58 Å². The van der Waals surface area contributed by atoms with Crippen LogP contribution in [-0.4, -0.2) is 53.4 Å². The van der Waals surface area contributed by atoms with Crippen LogP contribution in [0.25, 0.3) is 5.70 Å². The molecule has 0 saturated carbocycles. The summed E-state index contributed by atoms with van der Waals surface area (Å²) in [6.45, 7) is 7.49. The van der Waals surface area contributed by atoms with Crippen LogP contribution in [0.4, 0.5) is 0 Å². The average molecular weight is 344 g/mol. The summed E-state index contributed by atoms with van der Waals surface area (Å²) in [5.74, 6) is 0.532. The van der Waals surface area contributed by atoms with Crippen LogP contribution in [0.3, 0.4) is 0 Å². The Hall–Kier alpha value is -2.45. The maximum Gasteiger partial charge on any atom is 0.254 e. The van der Waals surface area contributed by atoms with Gasteiger partial charge >= 0.3 is 0 Å². The van der Waals surface area contributed by atoms with E-state index in [1.54, 1.807) is 10.9 Å². The van der Waals surface area contributed by atoms with Crippen molar-refractivity contribution in [2.75, 3.05) is 19.8 Å². The highest BCUT2D eigenvalue weighted by Crippen LogP contribution is 2.27. The Kier molecular flexibility index (Phi) is 5.00. The summed E-state index contributed by atoms with van der Waals surface area (Å²) >= 11 is 0. The van der Waals surface area contributed by atoms with Crippen molar-refractivity contribution >= 4 is 17.4 Å². The fourth-order valence-corrected chi connectivity index (χ4v) is 3.02. The van der Waals surface area contributed by atoms with Gasteiger partial charge in [-0.05, 0) is 18.9 Å². The molecule has 0 bridgehead atoms. The molecule has 1 amide bonds. The van der Waals surface area contributed by atoms with Crippen molar-refractivity contribution < 1.29 is 9.53 Å². The number of nitrogens with one attached hydrogen (secondary N) is 2. The Morgan fingerprint density at radius 2 is 2.40 bits per heavy atom. The van der Waals surface area contributed by atoms with Gasteiger partial charge in [-0.15, -0.1) is 0 Å². The van der Waals surface area contributed by atoms with Crippen LogP contribution in [0.15, 0.2) is 35.1 Å². The number of aromatic nitrogens is 2. The molecule has 1 aromatic rings. The molecule has 2 atom stereocenters. The van der Waals surface area contributed by atoms with Crippen LogP contribution in [0.2, 0.25) is 0 Å². The highest BCUT2D eigenvalue weighted by atomic mass is 16.5. The minimum absolute atomic E-state index is 0.0851. The third kappa shape index (κ3) is 3.80. The predicted octanol–water partition coefficient (Wildman–Crippen LogP) is -0.0586. The molecule has 2 fully saturated rings. The van der Waals surface area contributed by atoms with Gasteiger partial charge in [0.15, 0.2) is 0 Å². The van der Waals surface area contributed by atoms with E-state index in [1.165, 1.54) is 0 Å². The number of aliphatic imine (C=N–C) groups is 1. The topological polar surface area (TPSA) is 107 Å². The molecule has 3 rings (SSSR count). The second-order valence-corrected chi connectivity index (χ2v) is 6.39. The first-order chi connectivity index (χ1) is 12.0. The van der Waals surface area contributed by atoms with Crippen LogP contribution >= 0.6 is 0 Å². The van der Waals surface area contributed by atoms with Crippen molar-refractivity contribution in [3.8, 4) is 0 Å². The Morgan fingerprint density at radius 3 is 3.00 bits per heavy atom. The number of aryl methyl sites for hydroxylation is 1. The van der Waals surface area contributed by atoms with E-state index in [-0.39, 0.29) is 18.0 Å². The molecule has 2 aliphatic rings. The summed E-state index contributed by atoms with van der Waals surface area (Å²) in [5.41, 5.74) is 8.66. The molecule has 3 heterocycles. The number of carbonyl (C=O) groups is 1. The minimum atomic E-state index is -0.164. The zero-order chi connectivity index (χ0) is 18.0. The van der Waals surface area contributed by atoms with E-state index in [4.69, 9.17) is 10.5 Å². The van der Waals surface area contributed by atoms with Crippen LogP contribution in [0.1, 0.15) is 18.9 Å². The second kappa shape index (κ2) is 7.20. The summed E-state index contributed by atoms with van der Waals surface area (Å²) in [5, 5.41) is 10.3. The highest BCUT2D eigenvalue weighted by molar-refractivity contribution is 6.09. The predicted molar refractivity (Wildman–Crippen MR) is 95.7 cm³/mol. The Bertz CT molecular complexity index is 730. The van der Waals surface area contributed by atoms with Crippen LogP contribution in [0, 0.1) is 0 Å². The van der Waals surface area contributed by atoms with E-state index in [0.29, 0.717) is 36.9 Å². The average Bonchev–Trinajstić information content (AvgIpc) is 3.14. The first kappa shape index (κ1) is 17.4. The van der Waals surface area contributed by atoms with Crippen LogP contribution in [0.5, 0.6) is 0 Å². The molecule has 4 N–H and O–H groups in total. The monoisotopic (exact) mass is 344 g/mol. The van der Waals surface area contributed by atoms with Crippen LogP contribution in [-0.2, 0) is 16.6 Å². The Balaban J connectivity index is 1.93. The lowest BCUT2D eigenvalue weighted by Crippen LogP contribution is -2.52. The molecule has 2 saturated heterocycles. The van der Waals surface area contributed by atoms with Gasteiger partial charge in [0.1, 0.15) is 0 Å². The lowest BCUT2D eigenvalue weighted by molar-refractivity contribution is -0.116. The first-order valence-electron chi connectivity index (χ1n) is 8.30. The fraction of sp³-hybridized carbons (Fsp3) is 0.471. The Labute approximate surface area is 146 Å². The molecule has 2 aliphatic heterocycles. The van der Waals surface area contributed by atoms with Crippen molar-refractivity contribution in [1.82, 2.24) is 20.4 Å². The van der Waals surface area contributed by atoms with Gasteiger partial charge in [0.05, 0.1) is 29.9 Å². The van der Waals surface area contributed by atoms with E-state index >= 15 is 0 Å². The lowest BCUT2D eigenvalue weighted by atomic mass is 10.0. The van der Waals surface area contributed by atoms with Gasteiger partial charge in [0.25, 0.3) is 5.91 Å². The summed E-state index contributed by atoms with van der Waals surface area (Å²) in [6.07, 6.45) is 4.34. The summed E-state index contributed by atoms with van der Waals surface area (Å²) in [7, 11) is 1.82. The number of carbonyl (C=O) groups excluding carboxylic acids is 1. The van der Waals surface area contributed by atoms with Gasteiger partial charge in [0.2, 0.25) is 0 Å². The third-order valence-electron chi connectivity index (χ3n) is 4.33. The summed E-state index contributed by atoms with van der Waals surface area (Å²) in [4.78, 5) is 16.9. The highest BCUT2D eigenvalue weighted by Gasteiger charge is 2.27. The zero-order valence-corrected chi connectivity index (χ0v) is 14.6. The molecule has 8 heteroatoms. The molecule has 1 aromatic heterocycles. The van der Waals surface area contributed by atoms with E-state index in [1.807, 2.05) is 20.2 Å². The Morgan fingerprint density at radius 1 is 1.60 bits per heavy atom. The van der Waals surface area contributed by atoms with Crippen molar-refractivity contribution in [3.63, 3.8) is 0 Å². The third-order valence-corrected chi connectivity index (χ3v) is 4.33. The zero-order valence-electron chi connectivity index (χ0n) is 14.6. The minimum Gasteiger partial charge on any atom is -0.380 e. The number of hydrogen-bond donors (Lipinski definition) is 3. The van der Waals surface area contributed by atoms with Gasteiger partial charge in [0, 0.05) is 44.0 Å². The molecule has 8 nitrogen and oxygen atoms in total. The SMILES string of the molecule is C=C1CNC(=O)/C1=C(/N=C(\C)N[C@@H]1CCOC[C@@H]1N)c1cnn(C)c1. The number of nitrogens with zero attached hydrogens (tertiary/aromatic N) is 3. The number of ether oxygens (including phenoxy) is 1. The lowest BCUT2D eigenvalue weighted by Gasteiger charge is -2.30. The summed E-state index contributed by atoms with van der Waals surface area (Å²) < 4.78 is 7.05. The van der Waals surface area contributed by atoms with Gasteiger partial charge < -0.3 is 21.1 Å². The van der Waals surface area contributed by atoms with Crippen molar-refractivity contribution in [1.29, 1.82) is 0 Å². The van der Waals surface area contributed by atoms with Gasteiger partial charge in [-0.2, -0.15) is 5.10 Å². The maximum absolute atomic E-state index is 12.2. The number of amidine groups is 1. The largest absolute Gasteiger partial charge is 0.380 e. The first-order valence-corrected chi connectivity index (χ1v) is 8.30. The fourth-order valence-electron chi connectivity index (χ4n) is 3.02. The van der Waals surface area contributed by atoms with E-state index < -0.39 is 0 Å². The second-order valence-electron chi connectivity index (χ2n) is 6.39.